The van der Waals surface area contributed by atoms with Gasteiger partial charge in [0.1, 0.15) is 0 Å². The van der Waals surface area contributed by atoms with Gasteiger partial charge in [0.25, 0.3) is 0 Å². The van der Waals surface area contributed by atoms with Gasteiger partial charge in [-0.25, -0.2) is 0 Å². The smallest absolute Gasteiger partial charge is 0.00773 e. The summed E-state index contributed by atoms with van der Waals surface area (Å²) in [6.45, 7) is 11.2. The molecular formula is C12H23N. The van der Waals surface area contributed by atoms with E-state index in [1.54, 1.807) is 0 Å². The Bertz CT molecular complexity index is 178. The number of nitrogens with two attached hydrogens (primary N) is 1. The zero-order chi connectivity index (χ0) is 10.3. The minimum Gasteiger partial charge on any atom is -0.330 e. The Morgan fingerprint density at radius 2 is 2.00 bits per heavy atom. The average molecular weight is 181 g/mol. The van der Waals surface area contributed by atoms with Gasteiger partial charge >= 0.3 is 0 Å². The second kappa shape index (κ2) is 5.98. The monoisotopic (exact) mass is 181 g/mol. The third-order valence-electron chi connectivity index (χ3n) is 2.22. The van der Waals surface area contributed by atoms with Gasteiger partial charge in [-0.2, -0.15) is 0 Å². The van der Waals surface area contributed by atoms with Gasteiger partial charge in [0.15, 0.2) is 0 Å². The number of hydrogen-bond donors (Lipinski definition) is 1. The predicted octanol–water partition coefficient (Wildman–Crippen LogP) is 3.27. The highest BCUT2D eigenvalue weighted by Crippen LogP contribution is 2.26. The van der Waals surface area contributed by atoms with E-state index in [4.69, 9.17) is 5.73 Å². The van der Waals surface area contributed by atoms with Crippen LogP contribution < -0.4 is 5.73 Å². The molecule has 0 aliphatic rings. The Morgan fingerprint density at radius 1 is 1.38 bits per heavy atom. The summed E-state index contributed by atoms with van der Waals surface area (Å²) >= 11 is 0. The summed E-state index contributed by atoms with van der Waals surface area (Å²) in [6.07, 6.45) is 7.74. The van der Waals surface area contributed by atoms with E-state index in [1.807, 2.05) is 6.08 Å². The maximum atomic E-state index is 5.45. The summed E-state index contributed by atoms with van der Waals surface area (Å²) in [5.74, 6) is 0. The molecule has 0 amide bonds. The van der Waals surface area contributed by atoms with Crippen molar-refractivity contribution in [3.63, 3.8) is 0 Å². The Labute approximate surface area is 82.7 Å². The topological polar surface area (TPSA) is 26.0 Å². The van der Waals surface area contributed by atoms with Crippen LogP contribution in [-0.4, -0.2) is 6.54 Å². The molecule has 0 aliphatic carbocycles. The van der Waals surface area contributed by atoms with E-state index < -0.39 is 0 Å². The van der Waals surface area contributed by atoms with Crippen molar-refractivity contribution in [2.24, 2.45) is 11.1 Å². The van der Waals surface area contributed by atoms with Crippen LogP contribution >= 0.6 is 0 Å². The highest BCUT2D eigenvalue weighted by atomic mass is 14.5. The van der Waals surface area contributed by atoms with E-state index in [0.717, 1.165) is 13.0 Å². The first-order valence-corrected chi connectivity index (χ1v) is 5.04. The van der Waals surface area contributed by atoms with Gasteiger partial charge in [0, 0.05) is 0 Å². The maximum Gasteiger partial charge on any atom is -0.00773 e. The second-order valence-electron chi connectivity index (χ2n) is 4.33. The summed E-state index contributed by atoms with van der Waals surface area (Å²) < 4.78 is 0. The van der Waals surface area contributed by atoms with Gasteiger partial charge in [-0.15, -0.1) is 0 Å². The molecule has 0 bridgehead atoms. The molecule has 0 rings (SSSR count). The van der Waals surface area contributed by atoms with Gasteiger partial charge in [0.2, 0.25) is 0 Å². The van der Waals surface area contributed by atoms with Crippen molar-refractivity contribution in [3.8, 4) is 0 Å². The first kappa shape index (κ1) is 12.4. The average Bonchev–Trinajstić information content (AvgIpc) is 2.03. The molecule has 0 saturated heterocycles. The molecule has 0 radical (unpaired) electrons. The van der Waals surface area contributed by atoms with E-state index in [2.05, 4.69) is 33.4 Å². The van der Waals surface area contributed by atoms with E-state index in [0.29, 0.717) is 0 Å². The molecule has 1 nitrogen and oxygen atoms in total. The Hall–Kier alpha value is -0.560. The summed E-state index contributed by atoms with van der Waals surface area (Å²) in [6, 6.07) is 0. The Morgan fingerprint density at radius 3 is 2.46 bits per heavy atom. The molecule has 0 unspecified atom stereocenters. The number of hydrogen-bond acceptors (Lipinski definition) is 1. The lowest BCUT2D eigenvalue weighted by molar-refractivity contribution is 0.414. The normalized spacial score (nSPS) is 13.1. The Balaban J connectivity index is 3.99. The van der Waals surface area contributed by atoms with Crippen molar-refractivity contribution in [1.82, 2.24) is 0 Å². The third kappa shape index (κ3) is 6.59. The van der Waals surface area contributed by atoms with Crippen LogP contribution in [0.25, 0.3) is 0 Å². The summed E-state index contributed by atoms with van der Waals surface area (Å²) in [5, 5.41) is 0. The van der Waals surface area contributed by atoms with Crippen molar-refractivity contribution < 1.29 is 0 Å². The zero-order valence-corrected chi connectivity index (χ0v) is 9.27. The van der Waals surface area contributed by atoms with Gasteiger partial charge in [-0.1, -0.05) is 44.6 Å². The van der Waals surface area contributed by atoms with Crippen LogP contribution in [0.2, 0.25) is 0 Å². The number of allylic oxidation sites excluding steroid dienone is 3. The first-order valence-electron chi connectivity index (χ1n) is 5.04. The quantitative estimate of drug-likeness (QED) is 0.494. The Kier molecular flexibility index (Phi) is 5.72. The molecular weight excluding hydrogens is 158 g/mol. The van der Waals surface area contributed by atoms with Crippen LogP contribution in [0.4, 0.5) is 0 Å². The molecule has 2 N–H and O–H groups in total. The fourth-order valence-electron chi connectivity index (χ4n) is 1.47. The van der Waals surface area contributed by atoms with Gasteiger partial charge in [-0.05, 0) is 31.7 Å². The lowest BCUT2D eigenvalue weighted by atomic mass is 9.85. The molecule has 0 aliphatic heterocycles. The van der Waals surface area contributed by atoms with E-state index in [-0.39, 0.29) is 5.41 Å². The molecule has 0 fully saturated rings. The minimum atomic E-state index is 0.285. The van der Waals surface area contributed by atoms with E-state index in [1.165, 1.54) is 18.4 Å². The van der Waals surface area contributed by atoms with Gasteiger partial charge < -0.3 is 5.73 Å². The number of unbranched alkanes of at least 4 members (excludes halogenated alkanes) is 1. The largest absolute Gasteiger partial charge is 0.330 e. The van der Waals surface area contributed by atoms with Crippen LogP contribution in [-0.2, 0) is 0 Å². The maximum absolute atomic E-state index is 5.45. The highest BCUT2D eigenvalue weighted by molar-refractivity contribution is 5.16. The first-order chi connectivity index (χ1) is 6.02. The van der Waals surface area contributed by atoms with Crippen LogP contribution in [0, 0.1) is 5.41 Å². The summed E-state index contributed by atoms with van der Waals surface area (Å²) in [5.41, 5.74) is 7.00. The third-order valence-corrected chi connectivity index (χ3v) is 2.22. The standard InChI is InChI=1S/C12H23N/c1-5-11(2)10-12(3,4)8-6-7-9-13/h5,10H,1,6-9,13H2,2-4H3. The second-order valence-corrected chi connectivity index (χ2v) is 4.33. The molecule has 1 heteroatoms. The molecule has 0 aromatic rings. The van der Waals surface area contributed by atoms with Crippen molar-refractivity contribution in [2.75, 3.05) is 6.54 Å². The van der Waals surface area contributed by atoms with Crippen LogP contribution in [0.1, 0.15) is 40.0 Å². The fraction of sp³-hybridized carbons (Fsp3) is 0.667. The number of rotatable bonds is 6. The summed E-state index contributed by atoms with van der Waals surface area (Å²) in [4.78, 5) is 0. The molecule has 0 saturated carbocycles. The molecule has 0 spiro atoms. The summed E-state index contributed by atoms with van der Waals surface area (Å²) in [7, 11) is 0. The zero-order valence-electron chi connectivity index (χ0n) is 9.27. The molecule has 76 valence electrons. The van der Waals surface area contributed by atoms with Crippen LogP contribution in [0.15, 0.2) is 24.3 Å². The molecule has 0 aromatic heterocycles. The van der Waals surface area contributed by atoms with Crippen LogP contribution in [0.3, 0.4) is 0 Å². The highest BCUT2D eigenvalue weighted by Gasteiger charge is 2.13. The lowest BCUT2D eigenvalue weighted by Crippen LogP contribution is -2.09. The SMILES string of the molecule is C=CC(C)=CC(C)(C)CCCCN. The molecule has 0 atom stereocenters. The van der Waals surface area contributed by atoms with Gasteiger partial charge in [0.05, 0.1) is 0 Å². The minimum absolute atomic E-state index is 0.285. The molecule has 13 heavy (non-hydrogen) atoms. The van der Waals surface area contributed by atoms with Crippen molar-refractivity contribution >= 4 is 0 Å². The van der Waals surface area contributed by atoms with Crippen molar-refractivity contribution in [1.29, 1.82) is 0 Å². The molecule has 0 heterocycles. The van der Waals surface area contributed by atoms with Crippen molar-refractivity contribution in [3.05, 3.63) is 24.3 Å². The van der Waals surface area contributed by atoms with Crippen LogP contribution in [0.5, 0.6) is 0 Å². The fourth-order valence-corrected chi connectivity index (χ4v) is 1.47. The molecule has 0 aromatic carbocycles. The van der Waals surface area contributed by atoms with E-state index in [9.17, 15) is 0 Å². The predicted molar refractivity (Wildman–Crippen MR) is 60.6 cm³/mol. The van der Waals surface area contributed by atoms with Gasteiger partial charge in [-0.3, -0.25) is 0 Å². The van der Waals surface area contributed by atoms with Crippen molar-refractivity contribution in [2.45, 2.75) is 40.0 Å². The van der Waals surface area contributed by atoms with E-state index >= 15 is 0 Å². The lowest BCUT2D eigenvalue weighted by Gasteiger charge is -2.20.